The summed E-state index contributed by atoms with van der Waals surface area (Å²) in [4.78, 5) is 11.7. The number of ether oxygens (including phenoxy) is 1. The van der Waals surface area contributed by atoms with Crippen molar-refractivity contribution in [2.24, 2.45) is 0 Å². The van der Waals surface area contributed by atoms with Gasteiger partial charge in [0.05, 0.1) is 11.5 Å². The molecule has 164 valence electrons. The van der Waals surface area contributed by atoms with Gasteiger partial charge in [-0.25, -0.2) is 4.79 Å². The summed E-state index contributed by atoms with van der Waals surface area (Å²) >= 11 is 0. The van der Waals surface area contributed by atoms with Crippen LogP contribution >= 0.6 is 0 Å². The number of carbonyl (C=O) groups excluding carboxylic acids is 1. The SMILES string of the molecule is CCOC(=O)NC1(Cc2ccccc2)CCNCC1.Cc1ccccc1S(=O)(=O)O. The molecule has 0 atom stereocenters. The fourth-order valence-electron chi connectivity index (χ4n) is 3.47. The Morgan fingerprint density at radius 2 is 1.70 bits per heavy atom. The average molecular weight is 435 g/mol. The van der Waals surface area contributed by atoms with E-state index in [0.717, 1.165) is 32.4 Å². The second kappa shape index (κ2) is 11.1. The molecule has 1 saturated heterocycles. The van der Waals surface area contributed by atoms with Crippen LogP contribution in [0, 0.1) is 6.92 Å². The molecule has 0 spiro atoms. The number of benzene rings is 2. The Hall–Kier alpha value is -2.42. The Bertz CT molecular complexity index is 910. The molecule has 8 heteroatoms. The van der Waals surface area contributed by atoms with Gasteiger partial charge in [0.1, 0.15) is 0 Å². The number of hydrogen-bond donors (Lipinski definition) is 3. The van der Waals surface area contributed by atoms with E-state index in [-0.39, 0.29) is 16.5 Å². The van der Waals surface area contributed by atoms with Crippen LogP contribution in [-0.2, 0) is 21.3 Å². The molecule has 1 heterocycles. The van der Waals surface area contributed by atoms with Gasteiger partial charge in [0.2, 0.25) is 0 Å². The molecular formula is C22H30N2O5S. The molecule has 0 unspecified atom stereocenters. The van der Waals surface area contributed by atoms with Gasteiger partial charge in [-0.3, -0.25) is 4.55 Å². The molecule has 30 heavy (non-hydrogen) atoms. The Morgan fingerprint density at radius 1 is 1.10 bits per heavy atom. The lowest BCUT2D eigenvalue weighted by molar-refractivity contribution is 0.129. The zero-order valence-corrected chi connectivity index (χ0v) is 18.2. The number of hydrogen-bond acceptors (Lipinski definition) is 5. The first-order valence-electron chi connectivity index (χ1n) is 9.98. The minimum absolute atomic E-state index is 0.0278. The predicted molar refractivity (Wildman–Crippen MR) is 116 cm³/mol. The van der Waals surface area contributed by atoms with Crippen molar-refractivity contribution in [3.05, 3.63) is 65.7 Å². The molecule has 0 aromatic heterocycles. The average Bonchev–Trinajstić information content (AvgIpc) is 2.69. The molecule has 2 aromatic carbocycles. The Morgan fingerprint density at radius 3 is 2.23 bits per heavy atom. The largest absolute Gasteiger partial charge is 0.450 e. The first kappa shape index (κ1) is 23.9. The lowest BCUT2D eigenvalue weighted by atomic mass is 9.82. The van der Waals surface area contributed by atoms with Gasteiger partial charge in [-0.2, -0.15) is 8.42 Å². The van der Waals surface area contributed by atoms with Crippen LogP contribution in [0.15, 0.2) is 59.5 Å². The van der Waals surface area contributed by atoms with Gasteiger partial charge < -0.3 is 15.4 Å². The second-order valence-corrected chi connectivity index (χ2v) is 8.67. The maximum atomic E-state index is 11.8. The van der Waals surface area contributed by atoms with Crippen molar-refractivity contribution in [3.8, 4) is 0 Å². The minimum Gasteiger partial charge on any atom is -0.450 e. The van der Waals surface area contributed by atoms with Crippen molar-refractivity contribution >= 4 is 16.2 Å². The Kier molecular flexibility index (Phi) is 8.83. The number of aryl methyl sites for hydroxylation is 1. The summed E-state index contributed by atoms with van der Waals surface area (Å²) in [6, 6.07) is 16.6. The number of alkyl carbamates (subject to hydrolysis) is 1. The monoisotopic (exact) mass is 434 g/mol. The summed E-state index contributed by atoms with van der Waals surface area (Å²) in [6.45, 7) is 5.72. The van der Waals surface area contributed by atoms with E-state index < -0.39 is 10.1 Å². The maximum Gasteiger partial charge on any atom is 0.407 e. The molecule has 3 rings (SSSR count). The van der Waals surface area contributed by atoms with Gasteiger partial charge in [0.25, 0.3) is 10.1 Å². The van der Waals surface area contributed by atoms with Crippen LogP contribution in [0.25, 0.3) is 0 Å². The summed E-state index contributed by atoms with van der Waals surface area (Å²) in [6.07, 6.45) is 2.41. The van der Waals surface area contributed by atoms with Gasteiger partial charge in [-0.15, -0.1) is 0 Å². The van der Waals surface area contributed by atoms with Crippen LogP contribution in [-0.4, -0.2) is 44.3 Å². The number of carbonyl (C=O) groups is 1. The number of rotatable bonds is 5. The quantitative estimate of drug-likeness (QED) is 0.624. The maximum absolute atomic E-state index is 11.8. The fraction of sp³-hybridized carbons (Fsp3) is 0.409. The lowest BCUT2D eigenvalue weighted by Gasteiger charge is -2.38. The molecule has 0 bridgehead atoms. The Balaban J connectivity index is 0.000000248. The second-order valence-electron chi connectivity index (χ2n) is 7.28. The lowest BCUT2D eigenvalue weighted by Crippen LogP contribution is -2.56. The van der Waals surface area contributed by atoms with E-state index in [1.54, 1.807) is 25.1 Å². The zero-order chi connectivity index (χ0) is 22.0. The highest BCUT2D eigenvalue weighted by Gasteiger charge is 2.34. The number of piperidine rings is 1. The highest BCUT2D eigenvalue weighted by Crippen LogP contribution is 2.24. The molecule has 1 aliphatic heterocycles. The van der Waals surface area contributed by atoms with Gasteiger partial charge in [-0.05, 0) is 63.4 Å². The summed E-state index contributed by atoms with van der Waals surface area (Å²) in [7, 11) is -4.03. The van der Waals surface area contributed by atoms with Gasteiger partial charge in [-0.1, -0.05) is 48.5 Å². The van der Waals surface area contributed by atoms with Gasteiger partial charge in [0, 0.05) is 5.54 Å². The smallest absolute Gasteiger partial charge is 0.407 e. The third-order valence-corrected chi connectivity index (χ3v) is 5.97. The number of amides is 1. The van der Waals surface area contributed by atoms with Gasteiger partial charge in [0.15, 0.2) is 0 Å². The van der Waals surface area contributed by atoms with Crippen LogP contribution in [0.2, 0.25) is 0 Å². The van der Waals surface area contributed by atoms with E-state index in [2.05, 4.69) is 22.8 Å². The van der Waals surface area contributed by atoms with Crippen LogP contribution in [0.5, 0.6) is 0 Å². The van der Waals surface area contributed by atoms with E-state index in [1.165, 1.54) is 11.6 Å². The summed E-state index contributed by atoms with van der Waals surface area (Å²) in [5, 5.41) is 6.42. The van der Waals surface area contributed by atoms with E-state index in [4.69, 9.17) is 9.29 Å². The van der Waals surface area contributed by atoms with Crippen molar-refractivity contribution in [3.63, 3.8) is 0 Å². The molecule has 0 saturated carbocycles. The van der Waals surface area contributed by atoms with Crippen molar-refractivity contribution < 1.29 is 22.5 Å². The summed E-state index contributed by atoms with van der Waals surface area (Å²) in [5.41, 5.74) is 1.62. The molecular weight excluding hydrogens is 404 g/mol. The zero-order valence-electron chi connectivity index (χ0n) is 17.4. The molecule has 3 N–H and O–H groups in total. The topological polar surface area (TPSA) is 105 Å². The summed E-state index contributed by atoms with van der Waals surface area (Å²) < 4.78 is 34.9. The molecule has 1 aliphatic rings. The standard InChI is InChI=1S/C15H22N2O2.C7H8O3S/c1-2-19-14(18)17-15(8-10-16-11-9-15)12-13-6-4-3-5-7-13;1-6-4-2-3-5-7(6)11(8,9)10/h3-7,16H,2,8-12H2,1H3,(H,17,18);2-5H,1H3,(H,8,9,10). The molecule has 1 amide bonds. The fourth-order valence-corrected chi connectivity index (χ4v) is 4.19. The van der Waals surface area contributed by atoms with Crippen LogP contribution in [0.1, 0.15) is 30.9 Å². The van der Waals surface area contributed by atoms with Crippen LogP contribution < -0.4 is 10.6 Å². The van der Waals surface area contributed by atoms with Crippen molar-refractivity contribution in [2.75, 3.05) is 19.7 Å². The van der Waals surface area contributed by atoms with E-state index >= 15 is 0 Å². The van der Waals surface area contributed by atoms with E-state index in [9.17, 15) is 13.2 Å². The highest BCUT2D eigenvalue weighted by atomic mass is 32.2. The van der Waals surface area contributed by atoms with E-state index in [1.807, 2.05) is 25.1 Å². The molecule has 1 fully saturated rings. The molecule has 0 radical (unpaired) electrons. The number of nitrogens with one attached hydrogen (secondary N) is 2. The Labute approximate surface area is 178 Å². The molecule has 2 aromatic rings. The van der Waals surface area contributed by atoms with Crippen molar-refractivity contribution in [2.45, 2.75) is 43.5 Å². The van der Waals surface area contributed by atoms with Gasteiger partial charge >= 0.3 is 6.09 Å². The normalized spacial score (nSPS) is 15.4. The third kappa shape index (κ3) is 7.44. The van der Waals surface area contributed by atoms with Crippen molar-refractivity contribution in [1.82, 2.24) is 10.6 Å². The van der Waals surface area contributed by atoms with Crippen LogP contribution in [0.4, 0.5) is 4.79 Å². The first-order valence-corrected chi connectivity index (χ1v) is 11.4. The third-order valence-electron chi connectivity index (χ3n) is 4.96. The van der Waals surface area contributed by atoms with E-state index in [0.29, 0.717) is 12.2 Å². The molecule has 7 nitrogen and oxygen atoms in total. The van der Waals surface area contributed by atoms with Crippen molar-refractivity contribution in [1.29, 1.82) is 0 Å². The predicted octanol–water partition coefficient (Wildman–Crippen LogP) is 3.34. The summed E-state index contributed by atoms with van der Waals surface area (Å²) in [5.74, 6) is 0. The minimum atomic E-state index is -4.03. The molecule has 0 aliphatic carbocycles. The highest BCUT2D eigenvalue weighted by molar-refractivity contribution is 7.85. The first-order chi connectivity index (χ1) is 14.3. The van der Waals surface area contributed by atoms with Crippen LogP contribution in [0.3, 0.4) is 0 Å².